The molecule has 2 nitrogen and oxygen atoms in total. The van der Waals surface area contributed by atoms with Gasteiger partial charge in [-0.1, -0.05) is 181 Å². The zero-order valence-electron chi connectivity index (χ0n) is 26.4. The van der Waals surface area contributed by atoms with Crippen molar-refractivity contribution in [2.45, 2.75) is 200 Å². The fraction of sp³-hybridized carbons (Fsp3) is 0.971. The van der Waals surface area contributed by atoms with Gasteiger partial charge in [0, 0.05) is 5.75 Å². The maximum Gasteiger partial charge on any atom is 0.306 e. The van der Waals surface area contributed by atoms with Crippen LogP contribution in [0.4, 0.5) is 0 Å². The Labute approximate surface area is 245 Å². The Morgan fingerprint density at radius 2 is 0.737 bits per heavy atom. The van der Waals surface area contributed by atoms with E-state index in [1.54, 1.807) is 0 Å². The van der Waals surface area contributed by atoms with E-state index < -0.39 is 0 Å². The minimum atomic E-state index is 0.00699. The first-order valence-corrected chi connectivity index (χ1v) is 18.7. The molecule has 0 aliphatic carbocycles. The van der Waals surface area contributed by atoms with E-state index in [1.807, 2.05) is 11.8 Å². The van der Waals surface area contributed by atoms with Crippen LogP contribution in [0.2, 0.25) is 0 Å². The van der Waals surface area contributed by atoms with Gasteiger partial charge in [0.1, 0.15) is 0 Å². The van der Waals surface area contributed by atoms with Gasteiger partial charge in [-0.25, -0.2) is 0 Å². The van der Waals surface area contributed by atoms with E-state index in [4.69, 9.17) is 4.74 Å². The normalized spacial score (nSPS) is 11.3. The highest BCUT2D eigenvalue weighted by atomic mass is 32.2. The highest BCUT2D eigenvalue weighted by Crippen LogP contribution is 2.15. The van der Waals surface area contributed by atoms with Gasteiger partial charge in [0.15, 0.2) is 0 Å². The second-order valence-electron chi connectivity index (χ2n) is 11.8. The fourth-order valence-corrected chi connectivity index (χ4v) is 6.13. The lowest BCUT2D eigenvalue weighted by molar-refractivity contribution is -0.143. The summed E-state index contributed by atoms with van der Waals surface area (Å²) in [7, 11) is 0. The number of ether oxygens (including phenoxy) is 1. The number of unbranched alkanes of at least 4 members (excludes halogenated alkanes) is 26. The standard InChI is InChI=1S/C35H70O2S/c1-3-5-7-9-11-13-15-17-18-19-20-22-24-26-28-30-33-38-34-31-35(36)37-32-29-27-25-23-21-16-14-12-10-8-6-4-2/h3-34H2,1-2H3. The number of carbonyl (C=O) groups is 1. The minimum Gasteiger partial charge on any atom is -0.466 e. The lowest BCUT2D eigenvalue weighted by Gasteiger charge is -2.06. The molecule has 0 saturated carbocycles. The largest absolute Gasteiger partial charge is 0.466 e. The van der Waals surface area contributed by atoms with Gasteiger partial charge in [0.25, 0.3) is 0 Å². The molecule has 0 saturated heterocycles. The SMILES string of the molecule is CCCCCCCCCCCCCCCCCCSCCC(=O)OCCCCCCCCCCCCCC. The number of hydrogen-bond donors (Lipinski definition) is 0. The summed E-state index contributed by atoms with van der Waals surface area (Å²) in [6, 6.07) is 0. The maximum atomic E-state index is 11.9. The van der Waals surface area contributed by atoms with Crippen LogP contribution in [-0.2, 0) is 9.53 Å². The van der Waals surface area contributed by atoms with Crippen LogP contribution in [0.25, 0.3) is 0 Å². The minimum absolute atomic E-state index is 0.00699. The molecule has 0 aromatic rings. The molecular weight excluding hydrogens is 484 g/mol. The third kappa shape index (κ3) is 33.8. The number of thioether (sulfide) groups is 1. The maximum absolute atomic E-state index is 11.9. The molecule has 0 spiro atoms. The zero-order valence-corrected chi connectivity index (χ0v) is 27.2. The summed E-state index contributed by atoms with van der Waals surface area (Å²) in [6.45, 7) is 5.20. The summed E-state index contributed by atoms with van der Waals surface area (Å²) in [5.74, 6) is 2.13. The van der Waals surface area contributed by atoms with Gasteiger partial charge in [-0.3, -0.25) is 4.79 Å². The molecule has 0 bridgehead atoms. The molecule has 0 aromatic carbocycles. The highest BCUT2D eigenvalue weighted by Gasteiger charge is 2.03. The molecule has 0 heterocycles. The molecule has 0 aromatic heterocycles. The number of carbonyl (C=O) groups excluding carboxylic acids is 1. The molecule has 0 aliphatic rings. The Balaban J connectivity index is 3.13. The van der Waals surface area contributed by atoms with Crippen LogP contribution in [0.1, 0.15) is 200 Å². The van der Waals surface area contributed by atoms with E-state index in [0.29, 0.717) is 13.0 Å². The van der Waals surface area contributed by atoms with Gasteiger partial charge < -0.3 is 4.74 Å². The van der Waals surface area contributed by atoms with Crippen molar-refractivity contribution in [3.05, 3.63) is 0 Å². The van der Waals surface area contributed by atoms with Gasteiger partial charge in [-0.05, 0) is 18.6 Å². The van der Waals surface area contributed by atoms with Crippen LogP contribution < -0.4 is 0 Å². The first kappa shape index (κ1) is 37.8. The Hall–Kier alpha value is -0.180. The molecule has 3 heteroatoms. The van der Waals surface area contributed by atoms with Crippen LogP contribution >= 0.6 is 11.8 Å². The molecule has 0 atom stereocenters. The second kappa shape index (κ2) is 34.8. The zero-order chi connectivity index (χ0) is 27.6. The average molecular weight is 555 g/mol. The predicted octanol–water partition coefficient (Wildman–Crippen LogP) is 12.6. The molecule has 228 valence electrons. The van der Waals surface area contributed by atoms with Gasteiger partial charge in [-0.15, -0.1) is 0 Å². The van der Waals surface area contributed by atoms with Crippen molar-refractivity contribution in [2.24, 2.45) is 0 Å². The van der Waals surface area contributed by atoms with E-state index >= 15 is 0 Å². The number of hydrogen-bond acceptors (Lipinski definition) is 3. The average Bonchev–Trinajstić information content (AvgIpc) is 2.92. The van der Waals surface area contributed by atoms with E-state index in [1.165, 1.54) is 179 Å². The predicted molar refractivity (Wildman–Crippen MR) is 174 cm³/mol. The van der Waals surface area contributed by atoms with Gasteiger partial charge >= 0.3 is 5.97 Å². The summed E-state index contributed by atoms with van der Waals surface area (Å²) in [4.78, 5) is 11.9. The Morgan fingerprint density at radius 3 is 1.11 bits per heavy atom. The van der Waals surface area contributed by atoms with Crippen molar-refractivity contribution < 1.29 is 9.53 Å². The van der Waals surface area contributed by atoms with Crippen molar-refractivity contribution in [2.75, 3.05) is 18.1 Å². The Morgan fingerprint density at radius 1 is 0.421 bits per heavy atom. The van der Waals surface area contributed by atoms with Crippen molar-refractivity contribution in [1.82, 2.24) is 0 Å². The quantitative estimate of drug-likeness (QED) is 0.0596. The number of esters is 1. The van der Waals surface area contributed by atoms with E-state index in [-0.39, 0.29) is 5.97 Å². The van der Waals surface area contributed by atoms with Crippen LogP contribution in [0.3, 0.4) is 0 Å². The van der Waals surface area contributed by atoms with Crippen LogP contribution in [0.15, 0.2) is 0 Å². The van der Waals surface area contributed by atoms with Crippen LogP contribution in [0.5, 0.6) is 0 Å². The Bertz CT molecular complexity index is 440. The summed E-state index contributed by atoms with van der Waals surface area (Å²) >= 11 is 1.93. The Kier molecular flexibility index (Phi) is 34.7. The molecule has 0 N–H and O–H groups in total. The molecule has 0 unspecified atom stereocenters. The third-order valence-electron chi connectivity index (χ3n) is 7.85. The van der Waals surface area contributed by atoms with Crippen LogP contribution in [-0.4, -0.2) is 24.1 Å². The molecule has 0 fully saturated rings. The summed E-state index contributed by atoms with van der Waals surface area (Å²) < 4.78 is 5.42. The lowest BCUT2D eigenvalue weighted by atomic mass is 10.0. The summed E-state index contributed by atoms with van der Waals surface area (Å²) in [5, 5.41) is 0. The van der Waals surface area contributed by atoms with Gasteiger partial charge in [-0.2, -0.15) is 11.8 Å². The van der Waals surface area contributed by atoms with Crippen molar-refractivity contribution >= 4 is 17.7 Å². The van der Waals surface area contributed by atoms with Crippen molar-refractivity contribution in [3.8, 4) is 0 Å². The third-order valence-corrected chi connectivity index (χ3v) is 8.92. The van der Waals surface area contributed by atoms with Crippen molar-refractivity contribution in [1.29, 1.82) is 0 Å². The highest BCUT2D eigenvalue weighted by molar-refractivity contribution is 7.99. The molecular formula is C35H70O2S. The first-order chi connectivity index (χ1) is 18.8. The second-order valence-corrected chi connectivity index (χ2v) is 13.0. The van der Waals surface area contributed by atoms with Gasteiger partial charge in [0.05, 0.1) is 13.0 Å². The first-order valence-electron chi connectivity index (χ1n) is 17.5. The molecule has 0 radical (unpaired) electrons. The smallest absolute Gasteiger partial charge is 0.306 e. The molecule has 38 heavy (non-hydrogen) atoms. The molecule has 0 rings (SSSR count). The van der Waals surface area contributed by atoms with E-state index in [9.17, 15) is 4.79 Å². The summed E-state index contributed by atoms with van der Waals surface area (Å²) in [6.07, 6.45) is 39.4. The number of rotatable bonds is 33. The monoisotopic (exact) mass is 555 g/mol. The molecule has 0 aliphatic heterocycles. The van der Waals surface area contributed by atoms with E-state index in [2.05, 4.69) is 13.8 Å². The molecule has 0 amide bonds. The fourth-order valence-electron chi connectivity index (χ4n) is 5.21. The summed E-state index contributed by atoms with van der Waals surface area (Å²) in [5.41, 5.74) is 0. The van der Waals surface area contributed by atoms with Crippen LogP contribution in [0, 0.1) is 0 Å². The van der Waals surface area contributed by atoms with E-state index in [0.717, 1.165) is 12.2 Å². The lowest BCUT2D eigenvalue weighted by Crippen LogP contribution is -2.07. The van der Waals surface area contributed by atoms with Crippen molar-refractivity contribution in [3.63, 3.8) is 0 Å². The van der Waals surface area contributed by atoms with Gasteiger partial charge in [0.2, 0.25) is 0 Å². The topological polar surface area (TPSA) is 26.3 Å².